The molecule has 1 unspecified atom stereocenters. The van der Waals surface area contributed by atoms with E-state index >= 15 is 0 Å². The zero-order valence-corrected chi connectivity index (χ0v) is 20.1. The van der Waals surface area contributed by atoms with Gasteiger partial charge in [0.05, 0.1) is 17.5 Å². The Labute approximate surface area is 197 Å². The van der Waals surface area contributed by atoms with Gasteiger partial charge in [-0.2, -0.15) is 0 Å². The number of thioether (sulfide) groups is 1. The molecule has 168 valence electrons. The lowest BCUT2D eigenvalue weighted by molar-refractivity contribution is -0.131. The van der Waals surface area contributed by atoms with E-state index in [9.17, 15) is 4.79 Å². The quantitative estimate of drug-likeness (QED) is 0.480. The first-order chi connectivity index (χ1) is 15.8. The molecule has 2 aliphatic heterocycles. The topological polar surface area (TPSA) is 54.3 Å². The Kier molecular flexibility index (Phi) is 6.50. The smallest absolute Gasteiger partial charge is 0.233 e. The first-order valence-corrected chi connectivity index (χ1v) is 13.4. The van der Waals surface area contributed by atoms with Crippen LogP contribution in [0.2, 0.25) is 0 Å². The summed E-state index contributed by atoms with van der Waals surface area (Å²) in [5, 5.41) is 12.0. The van der Waals surface area contributed by atoms with Gasteiger partial charge in [0.1, 0.15) is 0 Å². The standard InChI is InChI=1S/C24H29N5OS2/c1-2-20-19-12-16-31-21(19)11-15-28(20)22(30)17-32-24-26-25-23(27-13-7-4-8-14-27)29(24)18-9-5-3-6-10-18/h3,5-6,9-10,12,16,20H,2,4,7-8,11,13-15,17H2,1H3. The molecule has 2 aromatic heterocycles. The minimum atomic E-state index is 0.181. The van der Waals surface area contributed by atoms with E-state index in [0.29, 0.717) is 5.75 Å². The number of anilines is 1. The summed E-state index contributed by atoms with van der Waals surface area (Å²) in [4.78, 5) is 19.1. The molecule has 8 heteroatoms. The average molecular weight is 468 g/mol. The lowest BCUT2D eigenvalue weighted by atomic mass is 9.98. The Bertz CT molecular complexity index is 1060. The summed E-state index contributed by atoms with van der Waals surface area (Å²) < 4.78 is 2.12. The summed E-state index contributed by atoms with van der Waals surface area (Å²) in [6, 6.07) is 12.6. The van der Waals surface area contributed by atoms with Crippen LogP contribution in [0.3, 0.4) is 0 Å². The van der Waals surface area contributed by atoms with Crippen LogP contribution in [0.15, 0.2) is 46.9 Å². The van der Waals surface area contributed by atoms with E-state index in [1.54, 1.807) is 0 Å². The number of amides is 1. The highest BCUT2D eigenvalue weighted by Gasteiger charge is 2.31. The van der Waals surface area contributed by atoms with Crippen molar-refractivity contribution >= 4 is 35.0 Å². The summed E-state index contributed by atoms with van der Waals surface area (Å²) in [6.45, 7) is 4.98. The third kappa shape index (κ3) is 4.18. The van der Waals surface area contributed by atoms with Crippen molar-refractivity contribution in [1.82, 2.24) is 19.7 Å². The predicted octanol–water partition coefficient (Wildman–Crippen LogP) is 4.95. The average Bonchev–Trinajstić information content (AvgIpc) is 3.50. The van der Waals surface area contributed by atoms with E-state index < -0.39 is 0 Å². The number of aromatic nitrogens is 3. The Morgan fingerprint density at radius 2 is 1.91 bits per heavy atom. The van der Waals surface area contributed by atoms with Gasteiger partial charge >= 0.3 is 0 Å². The zero-order valence-electron chi connectivity index (χ0n) is 18.4. The van der Waals surface area contributed by atoms with Crippen LogP contribution in [0.4, 0.5) is 5.95 Å². The van der Waals surface area contributed by atoms with Gasteiger partial charge in [0, 0.05) is 24.5 Å². The van der Waals surface area contributed by atoms with Gasteiger partial charge in [-0.3, -0.25) is 9.36 Å². The molecule has 1 aromatic carbocycles. The van der Waals surface area contributed by atoms with Crippen LogP contribution in [0.1, 0.15) is 49.1 Å². The highest BCUT2D eigenvalue weighted by Crippen LogP contribution is 2.36. The van der Waals surface area contributed by atoms with Crippen molar-refractivity contribution in [2.24, 2.45) is 0 Å². The van der Waals surface area contributed by atoms with Crippen LogP contribution >= 0.6 is 23.1 Å². The minimum absolute atomic E-state index is 0.181. The van der Waals surface area contributed by atoms with Crippen molar-refractivity contribution < 1.29 is 4.79 Å². The van der Waals surface area contributed by atoms with Crippen LogP contribution in [-0.2, 0) is 11.2 Å². The Morgan fingerprint density at radius 3 is 2.69 bits per heavy atom. The zero-order chi connectivity index (χ0) is 21.9. The number of fused-ring (bicyclic) bond motifs is 1. The lowest BCUT2D eigenvalue weighted by Gasteiger charge is -2.35. The molecule has 2 aliphatic rings. The van der Waals surface area contributed by atoms with Gasteiger partial charge in [0.15, 0.2) is 5.16 Å². The summed E-state index contributed by atoms with van der Waals surface area (Å²) >= 11 is 3.31. The normalized spacial score (nSPS) is 18.6. The molecule has 0 N–H and O–H groups in total. The molecule has 3 aromatic rings. The number of carbonyl (C=O) groups excluding carboxylic acids is 1. The van der Waals surface area contributed by atoms with Crippen LogP contribution in [0, 0.1) is 0 Å². The molecule has 5 rings (SSSR count). The van der Waals surface area contributed by atoms with Gasteiger partial charge in [-0.25, -0.2) is 0 Å². The highest BCUT2D eigenvalue weighted by molar-refractivity contribution is 7.99. The molecule has 0 saturated carbocycles. The van der Waals surface area contributed by atoms with Crippen molar-refractivity contribution in [2.75, 3.05) is 30.3 Å². The number of hydrogen-bond acceptors (Lipinski definition) is 6. The van der Waals surface area contributed by atoms with Gasteiger partial charge in [-0.15, -0.1) is 21.5 Å². The molecule has 1 fully saturated rings. The number of para-hydroxylation sites is 1. The molecule has 4 heterocycles. The second-order valence-corrected chi connectivity index (χ2v) is 10.3. The molecule has 1 saturated heterocycles. The Morgan fingerprint density at radius 1 is 1.09 bits per heavy atom. The maximum Gasteiger partial charge on any atom is 0.233 e. The maximum absolute atomic E-state index is 13.3. The molecule has 0 spiro atoms. The molecule has 0 radical (unpaired) electrons. The van der Waals surface area contributed by atoms with Crippen molar-refractivity contribution in [3.8, 4) is 5.69 Å². The summed E-state index contributed by atoms with van der Waals surface area (Å²) in [6.07, 6.45) is 5.53. The van der Waals surface area contributed by atoms with E-state index in [-0.39, 0.29) is 11.9 Å². The highest BCUT2D eigenvalue weighted by atomic mass is 32.2. The fourth-order valence-corrected chi connectivity index (χ4v) is 6.56. The first-order valence-electron chi connectivity index (χ1n) is 11.5. The van der Waals surface area contributed by atoms with Gasteiger partial charge in [-0.05, 0) is 61.2 Å². The second kappa shape index (κ2) is 9.67. The summed E-state index contributed by atoms with van der Waals surface area (Å²) in [5.74, 6) is 1.44. The van der Waals surface area contributed by atoms with Gasteiger partial charge in [0.2, 0.25) is 11.9 Å². The van der Waals surface area contributed by atoms with E-state index in [4.69, 9.17) is 0 Å². The largest absolute Gasteiger partial charge is 0.341 e. The van der Waals surface area contributed by atoms with E-state index in [2.05, 4.69) is 55.1 Å². The van der Waals surface area contributed by atoms with Crippen LogP contribution < -0.4 is 4.90 Å². The molecular weight excluding hydrogens is 438 g/mol. The molecule has 0 aliphatic carbocycles. The fourth-order valence-electron chi connectivity index (χ4n) is 4.80. The van der Waals surface area contributed by atoms with Gasteiger partial charge in [-0.1, -0.05) is 36.9 Å². The van der Waals surface area contributed by atoms with Crippen LogP contribution in [-0.4, -0.2) is 51.0 Å². The SMILES string of the molecule is CCC1c2ccsc2CCN1C(=O)CSc1nnc(N2CCCCC2)n1-c1ccccc1. The minimum Gasteiger partial charge on any atom is -0.341 e. The molecule has 32 heavy (non-hydrogen) atoms. The van der Waals surface area contributed by atoms with E-state index in [0.717, 1.165) is 49.3 Å². The fraction of sp³-hybridized carbons (Fsp3) is 0.458. The monoisotopic (exact) mass is 467 g/mol. The molecule has 6 nitrogen and oxygen atoms in total. The molecular formula is C24H29N5OS2. The van der Waals surface area contributed by atoms with Crippen molar-refractivity contribution in [1.29, 1.82) is 0 Å². The Balaban J connectivity index is 1.36. The molecule has 1 amide bonds. The van der Waals surface area contributed by atoms with Crippen molar-refractivity contribution in [2.45, 2.75) is 50.2 Å². The second-order valence-electron chi connectivity index (χ2n) is 8.35. The van der Waals surface area contributed by atoms with E-state index in [1.165, 1.54) is 41.5 Å². The van der Waals surface area contributed by atoms with Crippen molar-refractivity contribution in [3.63, 3.8) is 0 Å². The third-order valence-electron chi connectivity index (χ3n) is 6.40. The maximum atomic E-state index is 13.3. The third-order valence-corrected chi connectivity index (χ3v) is 8.31. The summed E-state index contributed by atoms with van der Waals surface area (Å²) in [5.41, 5.74) is 2.38. The van der Waals surface area contributed by atoms with Crippen LogP contribution in [0.25, 0.3) is 5.69 Å². The Hall–Kier alpha value is -2.32. The first kappa shape index (κ1) is 21.5. The van der Waals surface area contributed by atoms with Crippen molar-refractivity contribution in [3.05, 3.63) is 52.2 Å². The van der Waals surface area contributed by atoms with Gasteiger partial charge < -0.3 is 9.80 Å². The number of benzene rings is 1. The predicted molar refractivity (Wildman–Crippen MR) is 131 cm³/mol. The number of hydrogen-bond donors (Lipinski definition) is 0. The number of piperidine rings is 1. The van der Waals surface area contributed by atoms with Gasteiger partial charge in [0.25, 0.3) is 0 Å². The number of nitrogens with zero attached hydrogens (tertiary/aromatic N) is 5. The summed E-state index contributed by atoms with van der Waals surface area (Å²) in [7, 11) is 0. The molecule has 0 bridgehead atoms. The van der Waals surface area contributed by atoms with Crippen LogP contribution in [0.5, 0.6) is 0 Å². The lowest BCUT2D eigenvalue weighted by Crippen LogP contribution is -2.40. The number of carbonyl (C=O) groups is 1. The van der Waals surface area contributed by atoms with E-state index in [1.807, 2.05) is 29.5 Å². The number of rotatable bonds is 6. The number of thiophene rings is 1. The molecule has 1 atom stereocenters.